The number of carbonyl (C=O) groups excluding carboxylic acids is 3. The number of amides is 1. The largest absolute Gasteiger partial charge is 0.463 e. The van der Waals surface area contributed by atoms with Crippen molar-refractivity contribution >= 4 is 29.9 Å². The van der Waals surface area contributed by atoms with Crippen LogP contribution in [-0.4, -0.2) is 56.5 Å². The van der Waals surface area contributed by atoms with Gasteiger partial charge in [-0.1, -0.05) is 0 Å². The van der Waals surface area contributed by atoms with E-state index in [0.29, 0.717) is 25.3 Å². The van der Waals surface area contributed by atoms with Crippen molar-refractivity contribution in [3.63, 3.8) is 0 Å². The summed E-state index contributed by atoms with van der Waals surface area (Å²) in [5, 5.41) is 2.48. The highest BCUT2D eigenvalue weighted by molar-refractivity contribution is 7.99. The van der Waals surface area contributed by atoms with Crippen LogP contribution in [0.3, 0.4) is 0 Å². The average molecular weight is 263 g/mol. The molecule has 0 aromatic rings. The molecule has 1 amide bonds. The number of hydrogen-bond acceptors (Lipinski definition) is 6. The highest BCUT2D eigenvalue weighted by atomic mass is 32.2. The number of hydrogen-bond donors (Lipinski definition) is 1. The van der Waals surface area contributed by atoms with E-state index in [1.807, 2.05) is 0 Å². The van der Waals surface area contributed by atoms with Gasteiger partial charge in [0.15, 0.2) is 5.78 Å². The number of ether oxygens (including phenoxy) is 2. The maximum Gasteiger partial charge on any atom is 0.313 e. The quantitative estimate of drug-likeness (QED) is 0.237. The molecule has 0 radical (unpaired) electrons. The molecule has 0 aliphatic carbocycles. The molecular formula is C10H17NO5S. The molecule has 0 unspecified atom stereocenters. The van der Waals surface area contributed by atoms with Crippen molar-refractivity contribution in [2.24, 2.45) is 0 Å². The first-order chi connectivity index (χ1) is 8.20. The Morgan fingerprint density at radius 2 is 2.12 bits per heavy atom. The number of ketones is 1. The molecule has 17 heavy (non-hydrogen) atoms. The smallest absolute Gasteiger partial charge is 0.313 e. The second-order valence-electron chi connectivity index (χ2n) is 3.05. The lowest BCUT2D eigenvalue weighted by Gasteiger charge is -2.03. The van der Waals surface area contributed by atoms with Gasteiger partial charge in [-0.15, -0.1) is 0 Å². The Bertz CT molecular complexity index is 247. The van der Waals surface area contributed by atoms with Crippen LogP contribution in [0.5, 0.6) is 0 Å². The van der Waals surface area contributed by atoms with Crippen molar-refractivity contribution in [3.05, 3.63) is 0 Å². The van der Waals surface area contributed by atoms with Gasteiger partial charge in [0.1, 0.15) is 13.0 Å². The molecular weight excluding hydrogens is 246 g/mol. The van der Waals surface area contributed by atoms with Crippen LogP contribution < -0.4 is 5.32 Å². The monoisotopic (exact) mass is 263 g/mol. The molecule has 0 saturated heterocycles. The summed E-state index contributed by atoms with van der Waals surface area (Å²) in [4.78, 5) is 32.3. The van der Waals surface area contributed by atoms with Crippen LogP contribution in [0.15, 0.2) is 0 Å². The van der Waals surface area contributed by atoms with E-state index >= 15 is 0 Å². The lowest BCUT2D eigenvalue weighted by Crippen LogP contribution is -2.17. The number of carbonyl (C=O) groups is 3. The molecule has 0 aliphatic heterocycles. The van der Waals surface area contributed by atoms with Gasteiger partial charge in [-0.3, -0.25) is 14.4 Å². The lowest BCUT2D eigenvalue weighted by atomic mass is 10.3. The number of thioether (sulfide) groups is 1. The van der Waals surface area contributed by atoms with Crippen molar-refractivity contribution in [3.8, 4) is 0 Å². The number of rotatable bonds is 11. The van der Waals surface area contributed by atoms with E-state index in [0.717, 1.165) is 0 Å². The fraction of sp³-hybridized carbons (Fsp3) is 0.700. The summed E-state index contributed by atoms with van der Waals surface area (Å²) in [7, 11) is 1.50. The Balaban J connectivity index is 3.44. The van der Waals surface area contributed by atoms with Crippen molar-refractivity contribution in [2.75, 3.05) is 38.4 Å². The molecule has 0 aromatic carbocycles. The van der Waals surface area contributed by atoms with Crippen LogP contribution >= 0.6 is 11.8 Å². The molecule has 98 valence electrons. The average Bonchev–Trinajstić information content (AvgIpc) is 2.29. The highest BCUT2D eigenvalue weighted by Crippen LogP contribution is 2.01. The summed E-state index contributed by atoms with van der Waals surface area (Å²) < 4.78 is 9.44. The van der Waals surface area contributed by atoms with Gasteiger partial charge in [0.25, 0.3) is 0 Å². The summed E-state index contributed by atoms with van der Waals surface area (Å²) in [5.74, 6) is 0.186. The van der Waals surface area contributed by atoms with Gasteiger partial charge in [0.2, 0.25) is 6.41 Å². The van der Waals surface area contributed by atoms with E-state index in [4.69, 9.17) is 9.47 Å². The normalized spacial score (nSPS) is 9.71. The zero-order valence-electron chi connectivity index (χ0n) is 9.77. The van der Waals surface area contributed by atoms with E-state index in [-0.39, 0.29) is 24.6 Å². The fourth-order valence-electron chi connectivity index (χ4n) is 0.878. The Kier molecular flexibility index (Phi) is 10.7. The van der Waals surface area contributed by atoms with Crippen LogP contribution in [0.25, 0.3) is 0 Å². The lowest BCUT2D eigenvalue weighted by molar-refractivity contribution is -0.146. The fourth-order valence-corrected chi connectivity index (χ4v) is 1.61. The Morgan fingerprint density at radius 1 is 1.35 bits per heavy atom. The van der Waals surface area contributed by atoms with Gasteiger partial charge in [-0.2, -0.15) is 11.8 Å². The van der Waals surface area contributed by atoms with E-state index in [2.05, 4.69) is 5.32 Å². The molecule has 0 aromatic heterocycles. The van der Waals surface area contributed by atoms with Gasteiger partial charge in [0.05, 0.1) is 12.4 Å². The summed E-state index contributed by atoms with van der Waals surface area (Å²) in [6.07, 6.45) is 0.396. The first kappa shape index (κ1) is 15.9. The van der Waals surface area contributed by atoms with Crippen molar-refractivity contribution < 1.29 is 23.9 Å². The van der Waals surface area contributed by atoms with Crippen LogP contribution in [0.4, 0.5) is 0 Å². The van der Waals surface area contributed by atoms with Gasteiger partial charge >= 0.3 is 5.97 Å². The van der Waals surface area contributed by atoms with Gasteiger partial charge in [-0.25, -0.2) is 0 Å². The Labute approximate surface area is 104 Å². The molecule has 0 atom stereocenters. The molecule has 7 heteroatoms. The number of nitrogens with one attached hydrogen (secondary N) is 1. The van der Waals surface area contributed by atoms with Crippen LogP contribution in [0.1, 0.15) is 6.42 Å². The number of esters is 1. The third kappa shape index (κ3) is 11.2. The highest BCUT2D eigenvalue weighted by Gasteiger charge is 2.10. The molecule has 1 N–H and O–H groups in total. The van der Waals surface area contributed by atoms with Gasteiger partial charge < -0.3 is 14.8 Å². The predicted molar refractivity (Wildman–Crippen MR) is 63.9 cm³/mol. The maximum atomic E-state index is 11.3. The molecule has 0 rings (SSSR count). The summed E-state index contributed by atoms with van der Waals surface area (Å²) in [6.45, 7) is 1.00. The third-order valence-electron chi connectivity index (χ3n) is 1.63. The van der Waals surface area contributed by atoms with E-state index in [1.54, 1.807) is 0 Å². The molecule has 0 fully saturated rings. The van der Waals surface area contributed by atoms with Crippen LogP contribution in [0.2, 0.25) is 0 Å². The second-order valence-corrected chi connectivity index (χ2v) is 4.16. The summed E-state index contributed by atoms with van der Waals surface area (Å²) in [5.41, 5.74) is 0. The number of methoxy groups -OCH3 is 1. The van der Waals surface area contributed by atoms with E-state index in [1.165, 1.54) is 18.9 Å². The van der Waals surface area contributed by atoms with Crippen molar-refractivity contribution in [1.82, 2.24) is 5.32 Å². The third-order valence-corrected chi connectivity index (χ3v) is 2.65. The van der Waals surface area contributed by atoms with Crippen molar-refractivity contribution in [2.45, 2.75) is 6.42 Å². The number of Topliss-reactive ketones (excluding diaryl/α,β-unsaturated/α-hetero) is 1. The van der Waals surface area contributed by atoms with E-state index in [9.17, 15) is 14.4 Å². The SMILES string of the molecule is COCCOC(=O)CC(=O)CSCCNC=O. The maximum absolute atomic E-state index is 11.3. The molecule has 0 heterocycles. The topological polar surface area (TPSA) is 81.7 Å². The molecule has 0 spiro atoms. The first-order valence-electron chi connectivity index (χ1n) is 5.11. The summed E-state index contributed by atoms with van der Waals surface area (Å²) >= 11 is 1.37. The standard InChI is InChI=1S/C10H17NO5S/c1-15-3-4-16-10(14)6-9(13)7-17-5-2-11-8-12/h8H,2-7H2,1H3,(H,11,12). The van der Waals surface area contributed by atoms with Crippen LogP contribution in [0, 0.1) is 0 Å². The molecule has 0 aliphatic rings. The Hall–Kier alpha value is -1.08. The van der Waals surface area contributed by atoms with Crippen LogP contribution in [-0.2, 0) is 23.9 Å². The zero-order chi connectivity index (χ0) is 12.9. The molecule has 0 bridgehead atoms. The molecule has 0 saturated carbocycles. The van der Waals surface area contributed by atoms with Crippen molar-refractivity contribution in [1.29, 1.82) is 0 Å². The second kappa shape index (κ2) is 11.4. The zero-order valence-corrected chi connectivity index (χ0v) is 10.6. The molecule has 6 nitrogen and oxygen atoms in total. The van der Waals surface area contributed by atoms with E-state index < -0.39 is 5.97 Å². The minimum absolute atomic E-state index is 0.166. The first-order valence-corrected chi connectivity index (χ1v) is 6.27. The predicted octanol–water partition coefficient (Wildman–Crippen LogP) is -0.386. The minimum Gasteiger partial charge on any atom is -0.463 e. The summed E-state index contributed by atoms with van der Waals surface area (Å²) in [6, 6.07) is 0. The van der Waals surface area contributed by atoms with Gasteiger partial charge in [-0.05, 0) is 0 Å². The van der Waals surface area contributed by atoms with Gasteiger partial charge in [0, 0.05) is 19.4 Å². The minimum atomic E-state index is -0.529. The Morgan fingerprint density at radius 3 is 2.76 bits per heavy atom.